The zero-order valence-electron chi connectivity index (χ0n) is 15.5. The summed E-state index contributed by atoms with van der Waals surface area (Å²) in [5.41, 5.74) is 0.443. The van der Waals surface area contributed by atoms with Gasteiger partial charge in [0, 0.05) is 13.1 Å². The maximum atomic E-state index is 12.9. The molecule has 1 unspecified atom stereocenters. The van der Waals surface area contributed by atoms with Crippen LogP contribution in [0.3, 0.4) is 0 Å². The molecule has 28 heavy (non-hydrogen) atoms. The van der Waals surface area contributed by atoms with E-state index in [0.717, 1.165) is 5.75 Å². The van der Waals surface area contributed by atoms with Gasteiger partial charge in [0.1, 0.15) is 24.7 Å². The molecule has 0 saturated carbocycles. The maximum absolute atomic E-state index is 12.9. The summed E-state index contributed by atoms with van der Waals surface area (Å²) in [6.45, 7) is 1.63. The summed E-state index contributed by atoms with van der Waals surface area (Å²) in [5, 5.41) is 8.94. The van der Waals surface area contributed by atoms with Crippen molar-refractivity contribution in [1.82, 2.24) is 4.90 Å². The lowest BCUT2D eigenvalue weighted by Gasteiger charge is -2.32. The second-order valence-electron chi connectivity index (χ2n) is 6.35. The molecule has 1 heterocycles. The van der Waals surface area contributed by atoms with Gasteiger partial charge in [-0.2, -0.15) is 0 Å². The molecule has 1 fully saturated rings. The topological polar surface area (TPSA) is 85.3 Å². The van der Waals surface area contributed by atoms with E-state index >= 15 is 0 Å². The highest BCUT2D eigenvalue weighted by Gasteiger charge is 2.28. The Bertz CT molecular complexity index is 794. The fraction of sp³-hybridized carbons (Fsp3) is 0.333. The summed E-state index contributed by atoms with van der Waals surface area (Å²) < 4.78 is 16.8. The van der Waals surface area contributed by atoms with Gasteiger partial charge in [0.05, 0.1) is 24.7 Å². The highest BCUT2D eigenvalue weighted by molar-refractivity contribution is 5.97. The first-order valence-electron chi connectivity index (χ1n) is 9.16. The van der Waals surface area contributed by atoms with E-state index in [2.05, 4.69) is 0 Å². The third kappa shape index (κ3) is 5.47. The quantitative estimate of drug-likeness (QED) is 0.703. The number of benzene rings is 2. The Labute approximate surface area is 163 Å². The molecule has 1 amide bonds. The number of ether oxygens (including phenoxy) is 3. The van der Waals surface area contributed by atoms with Crippen LogP contribution >= 0.6 is 0 Å². The Morgan fingerprint density at radius 3 is 2.54 bits per heavy atom. The van der Waals surface area contributed by atoms with E-state index in [9.17, 15) is 9.59 Å². The highest BCUT2D eigenvalue weighted by atomic mass is 16.5. The SMILES string of the molecule is O=C(O)CC1CN(C(=O)c2ccccc2OCCOc2ccccc2)CCO1. The molecule has 0 spiro atoms. The van der Waals surface area contributed by atoms with Crippen LogP contribution in [0.5, 0.6) is 11.5 Å². The average molecular weight is 385 g/mol. The first-order chi connectivity index (χ1) is 13.6. The van der Waals surface area contributed by atoms with Crippen LogP contribution < -0.4 is 9.47 Å². The average Bonchev–Trinajstić information content (AvgIpc) is 2.71. The molecule has 1 saturated heterocycles. The summed E-state index contributed by atoms with van der Waals surface area (Å²) in [5.74, 6) is 0.0957. The van der Waals surface area contributed by atoms with Gasteiger partial charge in [0.15, 0.2) is 0 Å². The molecule has 1 aliphatic rings. The van der Waals surface area contributed by atoms with Crippen molar-refractivity contribution >= 4 is 11.9 Å². The molecule has 1 aliphatic heterocycles. The molecule has 7 nitrogen and oxygen atoms in total. The van der Waals surface area contributed by atoms with Crippen LogP contribution in [0.15, 0.2) is 54.6 Å². The number of carbonyl (C=O) groups is 2. The largest absolute Gasteiger partial charge is 0.490 e. The molecular formula is C21H23NO6. The van der Waals surface area contributed by atoms with Crippen molar-refractivity contribution in [3.05, 3.63) is 60.2 Å². The van der Waals surface area contributed by atoms with Crippen molar-refractivity contribution in [2.24, 2.45) is 0 Å². The van der Waals surface area contributed by atoms with Crippen molar-refractivity contribution in [1.29, 1.82) is 0 Å². The maximum Gasteiger partial charge on any atom is 0.306 e. The molecule has 1 N–H and O–H groups in total. The van der Waals surface area contributed by atoms with E-state index in [1.807, 2.05) is 30.3 Å². The number of morpholine rings is 1. The van der Waals surface area contributed by atoms with Crippen LogP contribution in [-0.2, 0) is 9.53 Å². The Morgan fingerprint density at radius 1 is 1.04 bits per heavy atom. The number of nitrogens with zero attached hydrogens (tertiary/aromatic N) is 1. The van der Waals surface area contributed by atoms with Crippen LogP contribution in [-0.4, -0.2) is 60.9 Å². The normalized spacial score (nSPS) is 16.4. The van der Waals surface area contributed by atoms with Crippen LogP contribution in [0.25, 0.3) is 0 Å². The number of aliphatic carboxylic acids is 1. The summed E-state index contributed by atoms with van der Waals surface area (Å²) in [4.78, 5) is 25.4. The molecule has 2 aromatic carbocycles. The predicted molar refractivity (Wildman–Crippen MR) is 102 cm³/mol. The smallest absolute Gasteiger partial charge is 0.306 e. The van der Waals surface area contributed by atoms with Gasteiger partial charge in [0.25, 0.3) is 5.91 Å². The molecule has 0 aromatic heterocycles. The number of para-hydroxylation sites is 2. The van der Waals surface area contributed by atoms with E-state index in [-0.39, 0.29) is 18.9 Å². The summed E-state index contributed by atoms with van der Waals surface area (Å²) in [6, 6.07) is 16.5. The summed E-state index contributed by atoms with van der Waals surface area (Å²) in [6.07, 6.45) is -0.624. The molecule has 1 atom stereocenters. The number of hydrogen-bond donors (Lipinski definition) is 1. The fourth-order valence-corrected chi connectivity index (χ4v) is 2.99. The van der Waals surface area contributed by atoms with Gasteiger partial charge >= 0.3 is 5.97 Å². The molecule has 7 heteroatoms. The van der Waals surface area contributed by atoms with E-state index in [4.69, 9.17) is 19.3 Å². The van der Waals surface area contributed by atoms with Crippen LogP contribution in [0, 0.1) is 0 Å². The number of rotatable bonds is 8. The zero-order valence-corrected chi connectivity index (χ0v) is 15.5. The van der Waals surface area contributed by atoms with Gasteiger partial charge in [-0.1, -0.05) is 30.3 Å². The van der Waals surface area contributed by atoms with Gasteiger partial charge in [-0.15, -0.1) is 0 Å². The Hall–Kier alpha value is -3.06. The standard InChI is InChI=1S/C21H23NO6/c23-20(24)14-17-15-22(10-11-26-17)21(25)18-8-4-5-9-19(18)28-13-12-27-16-6-2-1-3-7-16/h1-9,17H,10-15H2,(H,23,24). The van der Waals surface area contributed by atoms with Crippen LogP contribution in [0.1, 0.15) is 16.8 Å². The van der Waals surface area contributed by atoms with Crippen molar-refractivity contribution in [2.45, 2.75) is 12.5 Å². The zero-order chi connectivity index (χ0) is 19.8. The summed E-state index contributed by atoms with van der Waals surface area (Å²) in [7, 11) is 0. The van der Waals surface area contributed by atoms with Gasteiger partial charge in [-0.05, 0) is 24.3 Å². The minimum absolute atomic E-state index is 0.126. The molecule has 3 rings (SSSR count). The minimum Gasteiger partial charge on any atom is -0.490 e. The van der Waals surface area contributed by atoms with Gasteiger partial charge in [0.2, 0.25) is 0 Å². The molecule has 148 valence electrons. The number of carboxylic acid groups (broad SMARTS) is 1. The van der Waals surface area contributed by atoms with E-state index in [1.54, 1.807) is 29.2 Å². The van der Waals surface area contributed by atoms with Gasteiger partial charge < -0.3 is 24.2 Å². The second kappa shape index (κ2) is 9.75. The predicted octanol–water partition coefficient (Wildman–Crippen LogP) is 2.46. The minimum atomic E-state index is -0.943. The first kappa shape index (κ1) is 19.7. The third-order valence-corrected chi connectivity index (χ3v) is 4.30. The van der Waals surface area contributed by atoms with Crippen LogP contribution in [0.2, 0.25) is 0 Å². The summed E-state index contributed by atoms with van der Waals surface area (Å²) >= 11 is 0. The van der Waals surface area contributed by atoms with E-state index < -0.39 is 12.1 Å². The molecule has 0 bridgehead atoms. The lowest BCUT2D eigenvalue weighted by Crippen LogP contribution is -2.46. The number of carboxylic acids is 1. The number of amides is 1. The molecule has 0 radical (unpaired) electrons. The Kier molecular flexibility index (Phi) is 6.86. The van der Waals surface area contributed by atoms with Gasteiger partial charge in [-0.25, -0.2) is 0 Å². The van der Waals surface area contributed by atoms with Gasteiger partial charge in [-0.3, -0.25) is 9.59 Å². The monoisotopic (exact) mass is 385 g/mol. The number of carbonyl (C=O) groups excluding carboxylic acids is 1. The van der Waals surface area contributed by atoms with Crippen molar-refractivity contribution < 1.29 is 28.9 Å². The second-order valence-corrected chi connectivity index (χ2v) is 6.35. The number of hydrogen-bond acceptors (Lipinski definition) is 5. The first-order valence-corrected chi connectivity index (χ1v) is 9.16. The van der Waals surface area contributed by atoms with E-state index in [1.165, 1.54) is 0 Å². The molecule has 0 aliphatic carbocycles. The van der Waals surface area contributed by atoms with Crippen molar-refractivity contribution in [3.63, 3.8) is 0 Å². The van der Waals surface area contributed by atoms with Crippen LogP contribution in [0.4, 0.5) is 0 Å². The molecule has 2 aromatic rings. The van der Waals surface area contributed by atoms with E-state index in [0.29, 0.717) is 37.7 Å². The van der Waals surface area contributed by atoms with Crippen molar-refractivity contribution in [3.8, 4) is 11.5 Å². The van der Waals surface area contributed by atoms with Crippen molar-refractivity contribution in [2.75, 3.05) is 32.9 Å². The fourth-order valence-electron chi connectivity index (χ4n) is 2.99. The Morgan fingerprint density at radius 2 is 1.75 bits per heavy atom. The third-order valence-electron chi connectivity index (χ3n) is 4.30. The highest BCUT2D eigenvalue weighted by Crippen LogP contribution is 2.22. The lowest BCUT2D eigenvalue weighted by molar-refractivity contribution is -0.141. The Balaban J connectivity index is 1.58. The lowest BCUT2D eigenvalue weighted by atomic mass is 10.1. The molecular weight excluding hydrogens is 362 g/mol.